The van der Waals surface area contributed by atoms with Gasteiger partial charge in [-0.05, 0) is 26.7 Å². The second-order valence-corrected chi connectivity index (χ2v) is 3.47. The van der Waals surface area contributed by atoms with Gasteiger partial charge in [-0.2, -0.15) is 0 Å². The summed E-state index contributed by atoms with van der Waals surface area (Å²) in [5.41, 5.74) is 0.609. The molecule has 0 aromatic carbocycles. The Hall–Kier alpha value is -1.32. The number of allylic oxidation sites excluding steroid dienone is 1. The molecule has 1 heterocycles. The average molecular weight is 197 g/mol. The van der Waals surface area contributed by atoms with Gasteiger partial charge in [0, 0.05) is 12.1 Å². The maximum Gasteiger partial charge on any atom is 0.326 e. The fourth-order valence-corrected chi connectivity index (χ4v) is 1.62. The van der Waals surface area contributed by atoms with Crippen LogP contribution in [0.2, 0.25) is 0 Å². The second-order valence-electron chi connectivity index (χ2n) is 3.47. The molecule has 0 aromatic rings. The minimum absolute atomic E-state index is 0.155. The lowest BCUT2D eigenvalue weighted by Crippen LogP contribution is -2.40. The van der Waals surface area contributed by atoms with E-state index in [1.54, 1.807) is 19.9 Å². The Morgan fingerprint density at radius 2 is 2.14 bits per heavy atom. The van der Waals surface area contributed by atoms with E-state index in [1.807, 2.05) is 0 Å². The zero-order chi connectivity index (χ0) is 10.7. The van der Waals surface area contributed by atoms with E-state index in [-0.39, 0.29) is 5.91 Å². The number of rotatable bonds is 2. The van der Waals surface area contributed by atoms with Crippen molar-refractivity contribution in [3.8, 4) is 0 Å². The molecule has 78 valence electrons. The number of aliphatic carboxylic acids is 1. The first kappa shape index (κ1) is 10.8. The van der Waals surface area contributed by atoms with Crippen LogP contribution in [0.25, 0.3) is 0 Å². The maximum atomic E-state index is 11.7. The number of carboxylic acids is 1. The molecule has 1 rings (SSSR count). The molecule has 1 saturated heterocycles. The van der Waals surface area contributed by atoms with Crippen molar-refractivity contribution in [1.82, 2.24) is 4.90 Å². The van der Waals surface area contributed by atoms with Gasteiger partial charge in [0.2, 0.25) is 5.91 Å². The van der Waals surface area contributed by atoms with Gasteiger partial charge in [0.05, 0.1) is 0 Å². The van der Waals surface area contributed by atoms with Gasteiger partial charge >= 0.3 is 5.97 Å². The highest BCUT2D eigenvalue weighted by atomic mass is 16.4. The predicted octanol–water partition coefficient (Wildman–Crippen LogP) is 1.03. The molecule has 0 aromatic heterocycles. The second kappa shape index (κ2) is 4.26. The fraction of sp³-hybridized carbons (Fsp3) is 0.600. The summed E-state index contributed by atoms with van der Waals surface area (Å²) in [6.07, 6.45) is 3.05. The number of hydrogen-bond donors (Lipinski definition) is 1. The molecule has 0 saturated carbocycles. The van der Waals surface area contributed by atoms with Gasteiger partial charge in [-0.1, -0.05) is 6.08 Å². The van der Waals surface area contributed by atoms with Gasteiger partial charge in [0.25, 0.3) is 0 Å². The maximum absolute atomic E-state index is 11.7. The number of carbonyl (C=O) groups excluding carboxylic acids is 1. The molecule has 0 bridgehead atoms. The minimum Gasteiger partial charge on any atom is -0.480 e. The van der Waals surface area contributed by atoms with Crippen LogP contribution >= 0.6 is 0 Å². The molecule has 1 aliphatic rings. The molecule has 0 spiro atoms. The van der Waals surface area contributed by atoms with Gasteiger partial charge < -0.3 is 10.0 Å². The lowest BCUT2D eigenvalue weighted by atomic mass is 10.2. The number of amides is 1. The fourth-order valence-electron chi connectivity index (χ4n) is 1.62. The van der Waals surface area contributed by atoms with Crippen LogP contribution in [-0.4, -0.2) is 34.5 Å². The van der Waals surface area contributed by atoms with Crippen LogP contribution in [-0.2, 0) is 9.59 Å². The predicted molar refractivity (Wildman–Crippen MR) is 51.8 cm³/mol. The van der Waals surface area contributed by atoms with E-state index in [9.17, 15) is 9.59 Å². The van der Waals surface area contributed by atoms with Crippen molar-refractivity contribution in [2.75, 3.05) is 6.54 Å². The molecule has 0 unspecified atom stereocenters. The van der Waals surface area contributed by atoms with Crippen molar-refractivity contribution < 1.29 is 14.7 Å². The third-order valence-electron chi connectivity index (χ3n) is 2.57. The smallest absolute Gasteiger partial charge is 0.326 e. The monoisotopic (exact) mass is 197 g/mol. The Balaban J connectivity index is 2.77. The quantitative estimate of drug-likeness (QED) is 0.672. The van der Waals surface area contributed by atoms with Gasteiger partial charge in [-0.3, -0.25) is 4.79 Å². The van der Waals surface area contributed by atoms with E-state index < -0.39 is 12.0 Å². The van der Waals surface area contributed by atoms with Crippen molar-refractivity contribution >= 4 is 11.9 Å². The van der Waals surface area contributed by atoms with Crippen molar-refractivity contribution in [1.29, 1.82) is 0 Å². The van der Waals surface area contributed by atoms with Crippen molar-refractivity contribution in [2.45, 2.75) is 32.7 Å². The Morgan fingerprint density at radius 1 is 1.50 bits per heavy atom. The molecule has 1 atom stereocenters. The van der Waals surface area contributed by atoms with Crippen LogP contribution in [0.15, 0.2) is 11.6 Å². The SMILES string of the molecule is C/C=C(\C)C(=O)N1CCC[C@H]1C(=O)O. The number of hydrogen-bond acceptors (Lipinski definition) is 2. The number of likely N-dealkylation sites (tertiary alicyclic amines) is 1. The average Bonchev–Trinajstić information content (AvgIpc) is 2.63. The zero-order valence-electron chi connectivity index (χ0n) is 8.49. The lowest BCUT2D eigenvalue weighted by molar-refractivity contribution is -0.146. The molecule has 4 nitrogen and oxygen atoms in total. The van der Waals surface area contributed by atoms with Gasteiger partial charge in [-0.15, -0.1) is 0 Å². The zero-order valence-corrected chi connectivity index (χ0v) is 8.49. The molecule has 1 fully saturated rings. The van der Waals surface area contributed by atoms with Crippen molar-refractivity contribution in [3.63, 3.8) is 0 Å². The highest BCUT2D eigenvalue weighted by Gasteiger charge is 2.33. The topological polar surface area (TPSA) is 57.6 Å². The Kier molecular flexibility index (Phi) is 3.28. The number of carboxylic acid groups (broad SMARTS) is 1. The first-order valence-electron chi connectivity index (χ1n) is 4.74. The first-order valence-corrected chi connectivity index (χ1v) is 4.74. The Labute approximate surface area is 83.2 Å². The molecular weight excluding hydrogens is 182 g/mol. The van der Waals surface area contributed by atoms with Crippen molar-refractivity contribution in [3.05, 3.63) is 11.6 Å². The van der Waals surface area contributed by atoms with Crippen LogP contribution in [0.3, 0.4) is 0 Å². The van der Waals surface area contributed by atoms with Gasteiger partial charge in [0.15, 0.2) is 0 Å². The largest absolute Gasteiger partial charge is 0.480 e. The summed E-state index contributed by atoms with van der Waals surface area (Å²) in [6, 6.07) is -0.627. The molecule has 4 heteroatoms. The summed E-state index contributed by atoms with van der Waals surface area (Å²) in [7, 11) is 0. The molecule has 0 aliphatic carbocycles. The van der Waals surface area contributed by atoms with Crippen LogP contribution in [0.4, 0.5) is 0 Å². The standard InChI is InChI=1S/C10H15NO3/c1-3-7(2)9(12)11-6-4-5-8(11)10(13)14/h3,8H,4-6H2,1-2H3,(H,13,14)/b7-3+/t8-/m0/s1. The van der Waals surface area contributed by atoms with Crippen LogP contribution in [0.5, 0.6) is 0 Å². The first-order chi connectivity index (χ1) is 6.57. The number of nitrogens with zero attached hydrogens (tertiary/aromatic N) is 1. The normalized spacial score (nSPS) is 22.6. The molecule has 1 aliphatic heterocycles. The molecule has 0 radical (unpaired) electrons. The highest BCUT2D eigenvalue weighted by molar-refractivity contribution is 5.95. The summed E-state index contributed by atoms with van der Waals surface area (Å²) in [5.74, 6) is -1.06. The number of carbonyl (C=O) groups is 2. The van der Waals surface area contributed by atoms with Gasteiger partial charge in [0.1, 0.15) is 6.04 Å². The summed E-state index contributed by atoms with van der Waals surface area (Å²) < 4.78 is 0. The third kappa shape index (κ3) is 1.95. The Morgan fingerprint density at radius 3 is 2.64 bits per heavy atom. The van der Waals surface area contributed by atoms with E-state index in [0.717, 1.165) is 6.42 Å². The van der Waals surface area contributed by atoms with E-state index in [0.29, 0.717) is 18.5 Å². The van der Waals surface area contributed by atoms with Crippen LogP contribution in [0, 0.1) is 0 Å². The van der Waals surface area contributed by atoms with E-state index in [1.165, 1.54) is 4.90 Å². The summed E-state index contributed by atoms with van der Waals surface area (Å²) in [5, 5.41) is 8.87. The third-order valence-corrected chi connectivity index (χ3v) is 2.57. The summed E-state index contributed by atoms with van der Waals surface area (Å²) >= 11 is 0. The van der Waals surface area contributed by atoms with E-state index >= 15 is 0 Å². The summed E-state index contributed by atoms with van der Waals surface area (Å²) in [4.78, 5) is 23.9. The highest BCUT2D eigenvalue weighted by Crippen LogP contribution is 2.19. The van der Waals surface area contributed by atoms with Gasteiger partial charge in [-0.25, -0.2) is 4.79 Å². The van der Waals surface area contributed by atoms with Crippen molar-refractivity contribution in [2.24, 2.45) is 0 Å². The summed E-state index contributed by atoms with van der Waals surface area (Å²) in [6.45, 7) is 4.04. The minimum atomic E-state index is -0.903. The molecule has 1 amide bonds. The lowest BCUT2D eigenvalue weighted by Gasteiger charge is -2.21. The Bertz CT molecular complexity index is 283. The molecular formula is C10H15NO3. The molecule has 1 N–H and O–H groups in total. The molecule has 14 heavy (non-hydrogen) atoms. The van der Waals surface area contributed by atoms with E-state index in [2.05, 4.69) is 0 Å². The van der Waals surface area contributed by atoms with Crippen LogP contribution in [0.1, 0.15) is 26.7 Å². The van der Waals surface area contributed by atoms with E-state index in [4.69, 9.17) is 5.11 Å². The van der Waals surface area contributed by atoms with Crippen LogP contribution < -0.4 is 0 Å².